The number of nitrogens with zero attached hydrogens (tertiary/aromatic N) is 5. The smallest absolute Gasteiger partial charge is 0.101 e. The van der Waals surface area contributed by atoms with Crippen molar-refractivity contribution in [2.24, 2.45) is 7.05 Å². The molecule has 3 aromatic rings. The molecule has 0 unspecified atom stereocenters. The minimum atomic E-state index is 0.549. The normalized spacial score (nSPS) is 10.7. The summed E-state index contributed by atoms with van der Waals surface area (Å²) >= 11 is 0. The fourth-order valence-corrected chi connectivity index (χ4v) is 2.19. The first kappa shape index (κ1) is 13.7. The van der Waals surface area contributed by atoms with Crippen molar-refractivity contribution in [3.63, 3.8) is 0 Å². The molecule has 3 rings (SSSR count). The molecule has 0 amide bonds. The number of pyridine rings is 2. The van der Waals surface area contributed by atoms with Crippen molar-refractivity contribution in [3.8, 4) is 17.3 Å². The first-order chi connectivity index (χ1) is 10.8. The highest BCUT2D eigenvalue weighted by atomic mass is 15.2. The van der Waals surface area contributed by atoms with Gasteiger partial charge in [0.15, 0.2) is 0 Å². The lowest BCUT2D eigenvalue weighted by Crippen LogP contribution is -1.87. The van der Waals surface area contributed by atoms with Crippen LogP contribution in [0.1, 0.15) is 16.7 Å². The Bertz CT molecular complexity index is 856. The van der Waals surface area contributed by atoms with Crippen LogP contribution in [-0.2, 0) is 7.05 Å². The summed E-state index contributed by atoms with van der Waals surface area (Å²) in [6.07, 6.45) is 12.5. The summed E-state index contributed by atoms with van der Waals surface area (Å²) < 4.78 is 1.77. The van der Waals surface area contributed by atoms with E-state index in [0.29, 0.717) is 5.56 Å². The van der Waals surface area contributed by atoms with Gasteiger partial charge in [0.05, 0.1) is 11.3 Å². The zero-order valence-electron chi connectivity index (χ0n) is 12.0. The van der Waals surface area contributed by atoms with E-state index in [1.165, 1.54) is 0 Å². The second kappa shape index (κ2) is 6.02. The molecule has 0 aliphatic heterocycles. The molecule has 0 radical (unpaired) electrons. The van der Waals surface area contributed by atoms with E-state index in [0.717, 1.165) is 22.4 Å². The van der Waals surface area contributed by atoms with E-state index < -0.39 is 0 Å². The van der Waals surface area contributed by atoms with E-state index in [-0.39, 0.29) is 0 Å². The molecule has 0 aliphatic carbocycles. The largest absolute Gasteiger partial charge is 0.275 e. The van der Waals surface area contributed by atoms with Crippen LogP contribution in [0.15, 0.2) is 49.2 Å². The van der Waals surface area contributed by atoms with Gasteiger partial charge in [-0.3, -0.25) is 14.6 Å². The van der Waals surface area contributed by atoms with E-state index in [1.807, 2.05) is 43.6 Å². The van der Waals surface area contributed by atoms with Gasteiger partial charge in [-0.25, -0.2) is 0 Å². The lowest BCUT2D eigenvalue weighted by atomic mass is 10.1. The molecule has 0 N–H and O–H groups in total. The highest BCUT2D eigenvalue weighted by Gasteiger charge is 2.07. The first-order valence-electron chi connectivity index (χ1n) is 6.74. The van der Waals surface area contributed by atoms with Crippen LogP contribution in [0, 0.1) is 11.3 Å². The van der Waals surface area contributed by atoms with Gasteiger partial charge in [-0.1, -0.05) is 12.2 Å². The summed E-state index contributed by atoms with van der Waals surface area (Å²) in [4.78, 5) is 7.99. The zero-order chi connectivity index (χ0) is 15.4. The van der Waals surface area contributed by atoms with E-state index in [9.17, 15) is 0 Å². The molecule has 3 heterocycles. The Morgan fingerprint density at radius 2 is 1.77 bits per heavy atom. The average molecular weight is 287 g/mol. The van der Waals surface area contributed by atoms with Gasteiger partial charge < -0.3 is 0 Å². The minimum Gasteiger partial charge on any atom is -0.275 e. The van der Waals surface area contributed by atoms with E-state index in [1.54, 1.807) is 29.5 Å². The summed E-state index contributed by atoms with van der Waals surface area (Å²) in [6, 6.07) is 7.80. The summed E-state index contributed by atoms with van der Waals surface area (Å²) in [5.74, 6) is 0. The highest BCUT2D eigenvalue weighted by molar-refractivity contribution is 5.79. The van der Waals surface area contributed by atoms with Crippen LogP contribution in [0.4, 0.5) is 0 Å². The Kier molecular flexibility index (Phi) is 3.75. The van der Waals surface area contributed by atoms with E-state index in [4.69, 9.17) is 5.26 Å². The van der Waals surface area contributed by atoms with Gasteiger partial charge >= 0.3 is 0 Å². The summed E-state index contributed by atoms with van der Waals surface area (Å²) in [7, 11) is 1.88. The summed E-state index contributed by atoms with van der Waals surface area (Å²) in [5, 5.41) is 13.6. The third kappa shape index (κ3) is 2.76. The van der Waals surface area contributed by atoms with Crippen LogP contribution in [0.3, 0.4) is 0 Å². The van der Waals surface area contributed by atoms with Gasteiger partial charge in [-0.15, -0.1) is 0 Å². The van der Waals surface area contributed by atoms with Crippen molar-refractivity contribution in [2.75, 3.05) is 0 Å². The van der Waals surface area contributed by atoms with Gasteiger partial charge in [0.25, 0.3) is 0 Å². The highest BCUT2D eigenvalue weighted by Crippen LogP contribution is 2.23. The van der Waals surface area contributed by atoms with Gasteiger partial charge in [-0.2, -0.15) is 10.4 Å². The van der Waals surface area contributed by atoms with Crippen LogP contribution in [0.5, 0.6) is 0 Å². The second-order valence-electron chi connectivity index (χ2n) is 4.75. The minimum absolute atomic E-state index is 0.549. The van der Waals surface area contributed by atoms with Crippen molar-refractivity contribution < 1.29 is 0 Å². The fourth-order valence-electron chi connectivity index (χ4n) is 2.19. The maximum absolute atomic E-state index is 9.11. The monoisotopic (exact) mass is 287 g/mol. The molecule has 0 aromatic carbocycles. The number of hydrogen-bond donors (Lipinski definition) is 0. The fraction of sp³-hybridized carbons (Fsp3) is 0.0588. The standard InChI is InChI=1S/C17H13N5/c1-22-12-15(17(21-22)14-5-7-19-8-6-14)3-2-13-4-9-20-11-16(13)10-18/h2-9,11-12H,1H3/b3-2+. The third-order valence-corrected chi connectivity index (χ3v) is 3.23. The van der Waals surface area contributed by atoms with Gasteiger partial charge in [0, 0.05) is 49.2 Å². The van der Waals surface area contributed by atoms with Crippen molar-refractivity contribution in [2.45, 2.75) is 0 Å². The van der Waals surface area contributed by atoms with Crippen molar-refractivity contribution in [1.82, 2.24) is 19.7 Å². The lowest BCUT2D eigenvalue weighted by molar-refractivity contribution is 0.770. The quantitative estimate of drug-likeness (QED) is 0.742. The number of nitriles is 1. The van der Waals surface area contributed by atoms with Gasteiger partial charge in [0.1, 0.15) is 6.07 Å². The zero-order valence-corrected chi connectivity index (χ0v) is 12.0. The molecule has 5 heteroatoms. The Labute approximate surface area is 128 Å². The van der Waals surface area contributed by atoms with Crippen LogP contribution >= 0.6 is 0 Å². The average Bonchev–Trinajstić information content (AvgIpc) is 2.95. The molecule has 22 heavy (non-hydrogen) atoms. The van der Waals surface area contributed by atoms with E-state index in [2.05, 4.69) is 21.1 Å². The van der Waals surface area contributed by atoms with Crippen molar-refractivity contribution in [1.29, 1.82) is 5.26 Å². The molecule has 0 saturated heterocycles. The SMILES string of the molecule is Cn1cc(/C=C/c2ccncc2C#N)c(-c2ccncc2)n1. The Hall–Kier alpha value is -3.26. The molecule has 106 valence electrons. The van der Waals surface area contributed by atoms with E-state index >= 15 is 0 Å². The predicted octanol–water partition coefficient (Wildman–Crippen LogP) is 2.92. The molecule has 5 nitrogen and oxygen atoms in total. The summed E-state index contributed by atoms with van der Waals surface area (Å²) in [5.41, 5.74) is 4.25. The van der Waals surface area contributed by atoms with Gasteiger partial charge in [-0.05, 0) is 23.8 Å². The molecule has 0 fully saturated rings. The maximum atomic E-state index is 9.11. The Morgan fingerprint density at radius 1 is 1.05 bits per heavy atom. The molecule has 3 aromatic heterocycles. The molecule has 0 spiro atoms. The van der Waals surface area contributed by atoms with Crippen molar-refractivity contribution >= 4 is 12.2 Å². The van der Waals surface area contributed by atoms with Crippen LogP contribution in [-0.4, -0.2) is 19.7 Å². The molecule has 0 bridgehead atoms. The molecular weight excluding hydrogens is 274 g/mol. The molecule has 0 atom stereocenters. The molecule has 0 saturated carbocycles. The molecular formula is C17H13N5. The number of aromatic nitrogens is 4. The van der Waals surface area contributed by atoms with Gasteiger partial charge in [0.2, 0.25) is 0 Å². The number of hydrogen-bond acceptors (Lipinski definition) is 4. The second-order valence-corrected chi connectivity index (χ2v) is 4.75. The topological polar surface area (TPSA) is 67.4 Å². The Balaban J connectivity index is 2.00. The maximum Gasteiger partial charge on any atom is 0.101 e. The number of aryl methyl sites for hydroxylation is 1. The third-order valence-electron chi connectivity index (χ3n) is 3.23. The van der Waals surface area contributed by atoms with Crippen LogP contribution < -0.4 is 0 Å². The first-order valence-corrected chi connectivity index (χ1v) is 6.74. The van der Waals surface area contributed by atoms with Crippen LogP contribution in [0.2, 0.25) is 0 Å². The lowest BCUT2D eigenvalue weighted by Gasteiger charge is -1.98. The Morgan fingerprint density at radius 3 is 2.55 bits per heavy atom. The molecule has 0 aliphatic rings. The van der Waals surface area contributed by atoms with Crippen molar-refractivity contribution in [3.05, 3.63) is 65.9 Å². The summed E-state index contributed by atoms with van der Waals surface area (Å²) in [6.45, 7) is 0. The number of rotatable bonds is 3. The predicted molar refractivity (Wildman–Crippen MR) is 84.3 cm³/mol. The van der Waals surface area contributed by atoms with Crippen LogP contribution in [0.25, 0.3) is 23.4 Å².